The number of benzene rings is 1. The van der Waals surface area contributed by atoms with E-state index < -0.39 is 11.6 Å². The Balaban J connectivity index is 2.28. The second-order valence-corrected chi connectivity index (χ2v) is 4.00. The first kappa shape index (κ1) is 12.0. The lowest BCUT2D eigenvalue weighted by molar-refractivity contribution is 0.0821. The Labute approximate surface area is 97.7 Å². The molecule has 0 aromatic heterocycles. The lowest BCUT2D eigenvalue weighted by atomic mass is 9.90. The highest BCUT2D eigenvalue weighted by molar-refractivity contribution is 6.02. The minimum absolute atomic E-state index is 0.0475. The average molecular weight is 241 g/mol. The van der Waals surface area contributed by atoms with Crippen molar-refractivity contribution in [2.45, 2.75) is 12.8 Å². The van der Waals surface area contributed by atoms with Gasteiger partial charge in [-0.15, -0.1) is 0 Å². The van der Waals surface area contributed by atoms with Crippen LogP contribution in [0, 0.1) is 17.6 Å². The minimum Gasteiger partial charge on any atom is -0.411 e. The van der Waals surface area contributed by atoms with Crippen LogP contribution in [0.25, 0.3) is 0 Å². The number of halogens is 2. The molecular formula is C12H13F2NO2. The molecule has 1 N–H and O–H groups in total. The summed E-state index contributed by atoms with van der Waals surface area (Å²) in [7, 11) is 0. The van der Waals surface area contributed by atoms with Crippen molar-refractivity contribution in [3.63, 3.8) is 0 Å². The molecule has 1 aliphatic heterocycles. The van der Waals surface area contributed by atoms with Gasteiger partial charge in [0, 0.05) is 30.8 Å². The van der Waals surface area contributed by atoms with Crippen LogP contribution in [0.1, 0.15) is 18.4 Å². The zero-order valence-electron chi connectivity index (χ0n) is 9.20. The summed E-state index contributed by atoms with van der Waals surface area (Å²) in [5.41, 5.74) is 0.423. The van der Waals surface area contributed by atoms with Crippen LogP contribution in [0.4, 0.5) is 8.78 Å². The molecule has 0 unspecified atom stereocenters. The molecule has 0 saturated carbocycles. The van der Waals surface area contributed by atoms with E-state index in [2.05, 4.69) is 5.16 Å². The van der Waals surface area contributed by atoms with Gasteiger partial charge in [0.15, 0.2) is 0 Å². The van der Waals surface area contributed by atoms with Crippen LogP contribution in [0.3, 0.4) is 0 Å². The van der Waals surface area contributed by atoms with Crippen LogP contribution < -0.4 is 0 Å². The van der Waals surface area contributed by atoms with Crippen molar-refractivity contribution < 1.29 is 18.7 Å². The van der Waals surface area contributed by atoms with E-state index in [0.29, 0.717) is 26.1 Å². The maximum atomic E-state index is 13.6. The predicted molar refractivity (Wildman–Crippen MR) is 58.2 cm³/mol. The van der Waals surface area contributed by atoms with Crippen LogP contribution in [0.15, 0.2) is 23.4 Å². The van der Waals surface area contributed by atoms with Crippen molar-refractivity contribution in [3.8, 4) is 0 Å². The summed E-state index contributed by atoms with van der Waals surface area (Å²) in [4.78, 5) is 0. The van der Waals surface area contributed by atoms with Crippen molar-refractivity contribution in [1.29, 1.82) is 0 Å². The quantitative estimate of drug-likeness (QED) is 0.491. The average Bonchev–Trinajstić information content (AvgIpc) is 2.34. The van der Waals surface area contributed by atoms with Gasteiger partial charge in [-0.05, 0) is 25.0 Å². The van der Waals surface area contributed by atoms with Crippen LogP contribution in [0.5, 0.6) is 0 Å². The van der Waals surface area contributed by atoms with E-state index in [1.807, 2.05) is 0 Å². The van der Waals surface area contributed by atoms with Crippen LogP contribution in [0.2, 0.25) is 0 Å². The van der Waals surface area contributed by atoms with Gasteiger partial charge < -0.3 is 9.94 Å². The van der Waals surface area contributed by atoms with E-state index in [0.717, 1.165) is 12.1 Å². The summed E-state index contributed by atoms with van der Waals surface area (Å²) in [6.07, 6.45) is 1.35. The molecule has 5 heteroatoms. The van der Waals surface area contributed by atoms with Gasteiger partial charge in [0.05, 0.1) is 5.71 Å². The molecule has 0 atom stereocenters. The second kappa shape index (κ2) is 5.23. The second-order valence-electron chi connectivity index (χ2n) is 4.00. The highest BCUT2D eigenvalue weighted by Crippen LogP contribution is 2.23. The fourth-order valence-electron chi connectivity index (χ4n) is 2.02. The number of hydrogen-bond donors (Lipinski definition) is 1. The van der Waals surface area contributed by atoms with E-state index in [1.165, 1.54) is 6.07 Å². The molecule has 1 saturated heterocycles. The normalized spacial score (nSPS) is 18.4. The third-order valence-corrected chi connectivity index (χ3v) is 2.92. The number of hydrogen-bond acceptors (Lipinski definition) is 3. The Kier molecular flexibility index (Phi) is 3.68. The van der Waals surface area contributed by atoms with Crippen molar-refractivity contribution in [2.24, 2.45) is 11.1 Å². The Morgan fingerprint density at radius 2 is 2.00 bits per heavy atom. The van der Waals surface area contributed by atoms with Gasteiger partial charge in [0.1, 0.15) is 11.6 Å². The monoisotopic (exact) mass is 241 g/mol. The van der Waals surface area contributed by atoms with Crippen LogP contribution in [-0.4, -0.2) is 24.1 Å². The van der Waals surface area contributed by atoms with Crippen molar-refractivity contribution in [1.82, 2.24) is 0 Å². The van der Waals surface area contributed by atoms with Gasteiger partial charge in [0.25, 0.3) is 0 Å². The third-order valence-electron chi connectivity index (χ3n) is 2.92. The zero-order chi connectivity index (χ0) is 12.3. The van der Waals surface area contributed by atoms with E-state index in [1.54, 1.807) is 0 Å². The first-order chi connectivity index (χ1) is 8.22. The summed E-state index contributed by atoms with van der Waals surface area (Å²) < 4.78 is 31.6. The highest BCUT2D eigenvalue weighted by Gasteiger charge is 2.23. The van der Waals surface area contributed by atoms with E-state index >= 15 is 0 Å². The highest BCUT2D eigenvalue weighted by atomic mass is 19.1. The van der Waals surface area contributed by atoms with Gasteiger partial charge in [-0.2, -0.15) is 0 Å². The molecule has 0 spiro atoms. The SMILES string of the molecule is O/N=C(\c1ccc(F)cc1F)C1CCOCC1. The maximum Gasteiger partial charge on any atom is 0.135 e. The molecule has 0 amide bonds. The topological polar surface area (TPSA) is 41.8 Å². The van der Waals surface area contributed by atoms with Gasteiger partial charge in [-0.1, -0.05) is 5.16 Å². The Hall–Kier alpha value is -1.49. The van der Waals surface area contributed by atoms with E-state index in [9.17, 15) is 8.78 Å². The fraction of sp³-hybridized carbons (Fsp3) is 0.417. The largest absolute Gasteiger partial charge is 0.411 e. The van der Waals surface area contributed by atoms with Gasteiger partial charge >= 0.3 is 0 Å². The third kappa shape index (κ3) is 2.61. The summed E-state index contributed by atoms with van der Waals surface area (Å²) >= 11 is 0. The summed E-state index contributed by atoms with van der Waals surface area (Å²) in [6.45, 7) is 1.12. The number of rotatable bonds is 2. The Bertz CT molecular complexity index is 429. The van der Waals surface area contributed by atoms with Gasteiger partial charge in [-0.3, -0.25) is 0 Å². The molecule has 1 heterocycles. The first-order valence-electron chi connectivity index (χ1n) is 5.47. The summed E-state index contributed by atoms with van der Waals surface area (Å²) in [6, 6.07) is 3.25. The molecule has 92 valence electrons. The number of ether oxygens (including phenoxy) is 1. The van der Waals surface area contributed by atoms with Crippen molar-refractivity contribution in [3.05, 3.63) is 35.4 Å². The van der Waals surface area contributed by atoms with E-state index in [4.69, 9.17) is 9.94 Å². The molecule has 1 aromatic rings. The maximum absolute atomic E-state index is 13.6. The standard InChI is InChI=1S/C12H13F2NO2/c13-9-1-2-10(11(14)7-9)12(15-16)8-3-5-17-6-4-8/h1-2,7-8,16H,3-6H2/b15-12-. The molecule has 1 aliphatic rings. The molecule has 0 bridgehead atoms. The lowest BCUT2D eigenvalue weighted by Gasteiger charge is -2.23. The van der Waals surface area contributed by atoms with Gasteiger partial charge in [-0.25, -0.2) is 8.78 Å². The smallest absolute Gasteiger partial charge is 0.135 e. The van der Waals surface area contributed by atoms with Crippen molar-refractivity contribution >= 4 is 5.71 Å². The van der Waals surface area contributed by atoms with Crippen LogP contribution >= 0.6 is 0 Å². The first-order valence-corrected chi connectivity index (χ1v) is 5.47. The fourth-order valence-corrected chi connectivity index (χ4v) is 2.02. The molecule has 1 fully saturated rings. The Morgan fingerprint density at radius 3 is 2.59 bits per heavy atom. The molecule has 2 rings (SSSR count). The molecular weight excluding hydrogens is 228 g/mol. The Morgan fingerprint density at radius 1 is 1.29 bits per heavy atom. The minimum atomic E-state index is -0.704. The molecule has 0 aliphatic carbocycles. The lowest BCUT2D eigenvalue weighted by Crippen LogP contribution is -2.25. The summed E-state index contributed by atoms with van der Waals surface area (Å²) in [5, 5.41) is 12.2. The number of nitrogens with zero attached hydrogens (tertiary/aromatic N) is 1. The summed E-state index contributed by atoms with van der Waals surface area (Å²) in [5.74, 6) is -1.39. The molecule has 1 aromatic carbocycles. The molecule has 17 heavy (non-hydrogen) atoms. The zero-order valence-corrected chi connectivity index (χ0v) is 9.20. The molecule has 3 nitrogen and oxygen atoms in total. The van der Waals surface area contributed by atoms with Crippen LogP contribution in [-0.2, 0) is 4.74 Å². The molecule has 0 radical (unpaired) electrons. The number of oxime groups is 1. The van der Waals surface area contributed by atoms with Gasteiger partial charge in [0.2, 0.25) is 0 Å². The predicted octanol–water partition coefficient (Wildman–Crippen LogP) is 2.57. The van der Waals surface area contributed by atoms with Crippen molar-refractivity contribution in [2.75, 3.05) is 13.2 Å². The van der Waals surface area contributed by atoms with E-state index in [-0.39, 0.29) is 17.2 Å².